The van der Waals surface area contributed by atoms with Gasteiger partial charge in [0, 0.05) is 11.9 Å². The van der Waals surface area contributed by atoms with Crippen molar-refractivity contribution in [1.29, 1.82) is 0 Å². The van der Waals surface area contributed by atoms with Crippen molar-refractivity contribution < 1.29 is 4.92 Å². The summed E-state index contributed by atoms with van der Waals surface area (Å²) in [4.78, 5) is 21.3. The molecule has 0 bridgehead atoms. The van der Waals surface area contributed by atoms with Crippen LogP contribution in [-0.2, 0) is 0 Å². The molecule has 0 saturated heterocycles. The van der Waals surface area contributed by atoms with Crippen LogP contribution in [0.3, 0.4) is 0 Å². The molecule has 2 aromatic heterocycles. The molecule has 7 nitrogen and oxygen atoms in total. The second-order valence-electron chi connectivity index (χ2n) is 3.11. The molecule has 18 heavy (non-hydrogen) atoms. The second-order valence-corrected chi connectivity index (χ2v) is 3.86. The van der Waals surface area contributed by atoms with Crippen LogP contribution in [-0.4, -0.2) is 19.9 Å². The van der Waals surface area contributed by atoms with Gasteiger partial charge in [0.25, 0.3) is 0 Å². The van der Waals surface area contributed by atoms with Crippen LogP contribution in [0, 0.1) is 10.1 Å². The van der Waals surface area contributed by atoms with Gasteiger partial charge in [0.2, 0.25) is 11.0 Å². The minimum absolute atomic E-state index is 0.0118. The van der Waals surface area contributed by atoms with E-state index in [1.807, 2.05) is 0 Å². The molecule has 0 amide bonds. The van der Waals surface area contributed by atoms with Crippen LogP contribution in [0.1, 0.15) is 0 Å². The van der Waals surface area contributed by atoms with Gasteiger partial charge in [-0.1, -0.05) is 23.2 Å². The lowest BCUT2D eigenvalue weighted by molar-refractivity contribution is -0.384. The Hall–Kier alpha value is -1.99. The van der Waals surface area contributed by atoms with E-state index in [1.54, 1.807) is 6.07 Å². The van der Waals surface area contributed by atoms with Crippen LogP contribution in [0.4, 0.5) is 17.2 Å². The highest BCUT2D eigenvalue weighted by Crippen LogP contribution is 2.30. The third-order valence-electron chi connectivity index (χ3n) is 1.95. The molecule has 2 heterocycles. The Balaban J connectivity index is 2.40. The monoisotopic (exact) mass is 285 g/mol. The van der Waals surface area contributed by atoms with Gasteiger partial charge >= 0.3 is 5.69 Å². The van der Waals surface area contributed by atoms with Crippen LogP contribution < -0.4 is 5.32 Å². The van der Waals surface area contributed by atoms with Crippen LogP contribution >= 0.6 is 23.2 Å². The van der Waals surface area contributed by atoms with Crippen LogP contribution in [0.2, 0.25) is 10.3 Å². The molecule has 0 aromatic carbocycles. The topological polar surface area (TPSA) is 93.8 Å². The maximum atomic E-state index is 10.9. The number of rotatable bonds is 3. The van der Waals surface area contributed by atoms with E-state index in [0.29, 0.717) is 5.69 Å². The van der Waals surface area contributed by atoms with Crippen molar-refractivity contribution in [2.45, 2.75) is 0 Å². The van der Waals surface area contributed by atoms with Gasteiger partial charge in [-0.05, 0) is 12.1 Å². The van der Waals surface area contributed by atoms with Crippen LogP contribution in [0.15, 0.2) is 24.7 Å². The smallest absolute Gasteiger partial charge is 0.334 e. The average molecular weight is 286 g/mol. The molecule has 2 aromatic rings. The zero-order valence-electron chi connectivity index (χ0n) is 8.67. The molecule has 0 unspecified atom stereocenters. The number of halogens is 2. The zero-order valence-corrected chi connectivity index (χ0v) is 10.2. The van der Waals surface area contributed by atoms with Gasteiger partial charge in [-0.15, -0.1) is 0 Å². The van der Waals surface area contributed by atoms with E-state index in [9.17, 15) is 10.1 Å². The van der Waals surface area contributed by atoms with Crippen molar-refractivity contribution in [2.24, 2.45) is 0 Å². The Labute approximate surface area is 111 Å². The SMILES string of the molecule is O=[N+]([O-])c1c(Cl)ncnc1Nc1ccnc(Cl)c1. The van der Waals surface area contributed by atoms with Crippen molar-refractivity contribution in [3.63, 3.8) is 0 Å². The fourth-order valence-corrected chi connectivity index (χ4v) is 1.60. The first-order valence-electron chi connectivity index (χ1n) is 4.61. The summed E-state index contributed by atoms with van der Waals surface area (Å²) in [5.74, 6) is -0.0118. The molecule has 92 valence electrons. The highest BCUT2D eigenvalue weighted by atomic mass is 35.5. The first kappa shape index (κ1) is 12.5. The lowest BCUT2D eigenvalue weighted by Crippen LogP contribution is -2.01. The fourth-order valence-electron chi connectivity index (χ4n) is 1.23. The summed E-state index contributed by atoms with van der Waals surface area (Å²) in [6.45, 7) is 0. The first-order chi connectivity index (χ1) is 8.58. The van der Waals surface area contributed by atoms with E-state index in [4.69, 9.17) is 23.2 Å². The van der Waals surface area contributed by atoms with Crippen molar-refractivity contribution in [3.05, 3.63) is 45.1 Å². The summed E-state index contributed by atoms with van der Waals surface area (Å²) in [6.07, 6.45) is 2.58. The summed E-state index contributed by atoms with van der Waals surface area (Å²) >= 11 is 11.4. The van der Waals surface area contributed by atoms with E-state index in [0.717, 1.165) is 6.33 Å². The number of aromatic nitrogens is 3. The minimum Gasteiger partial charge on any atom is -0.334 e. The lowest BCUT2D eigenvalue weighted by Gasteiger charge is -2.06. The maximum Gasteiger partial charge on any atom is 0.348 e. The Bertz CT molecular complexity index is 607. The molecule has 0 atom stereocenters. The van der Waals surface area contributed by atoms with E-state index in [1.165, 1.54) is 12.3 Å². The third-order valence-corrected chi connectivity index (χ3v) is 2.43. The highest BCUT2D eigenvalue weighted by Gasteiger charge is 2.21. The Kier molecular flexibility index (Phi) is 3.54. The van der Waals surface area contributed by atoms with Crippen LogP contribution in [0.25, 0.3) is 0 Å². The summed E-state index contributed by atoms with van der Waals surface area (Å²) in [7, 11) is 0. The predicted molar refractivity (Wildman–Crippen MR) is 66.2 cm³/mol. The number of anilines is 2. The normalized spacial score (nSPS) is 10.1. The predicted octanol–water partition coefficient (Wildman–Crippen LogP) is 2.83. The Morgan fingerprint density at radius 2 is 2.06 bits per heavy atom. The molecule has 0 fully saturated rings. The largest absolute Gasteiger partial charge is 0.348 e. The molecule has 0 aliphatic carbocycles. The molecule has 0 aliphatic rings. The number of nitrogens with zero attached hydrogens (tertiary/aromatic N) is 4. The highest BCUT2D eigenvalue weighted by molar-refractivity contribution is 6.32. The zero-order chi connectivity index (χ0) is 13.1. The van der Waals surface area contributed by atoms with Gasteiger partial charge < -0.3 is 5.32 Å². The summed E-state index contributed by atoms with van der Waals surface area (Å²) in [6, 6.07) is 3.09. The number of hydrogen-bond donors (Lipinski definition) is 1. The summed E-state index contributed by atoms with van der Waals surface area (Å²) < 4.78 is 0. The lowest BCUT2D eigenvalue weighted by atomic mass is 10.4. The first-order valence-corrected chi connectivity index (χ1v) is 5.37. The van der Waals surface area contributed by atoms with E-state index < -0.39 is 10.6 Å². The van der Waals surface area contributed by atoms with Gasteiger partial charge in [-0.2, -0.15) is 0 Å². The molecule has 0 radical (unpaired) electrons. The number of nitrogens with one attached hydrogen (secondary N) is 1. The van der Waals surface area contributed by atoms with Gasteiger partial charge in [-0.3, -0.25) is 10.1 Å². The molecule has 0 spiro atoms. The molecule has 2 rings (SSSR count). The van der Waals surface area contributed by atoms with Crippen molar-refractivity contribution in [1.82, 2.24) is 15.0 Å². The third kappa shape index (κ3) is 2.63. The van der Waals surface area contributed by atoms with Gasteiger partial charge in [0.1, 0.15) is 11.5 Å². The molecule has 0 aliphatic heterocycles. The fraction of sp³-hybridized carbons (Fsp3) is 0. The standard InChI is InChI=1S/C9H5Cl2N5O2/c10-6-3-5(1-2-12-6)15-9-7(16(17)18)8(11)13-4-14-9/h1-4H,(H,12,13,14,15). The summed E-state index contributed by atoms with van der Waals surface area (Å²) in [5.41, 5.74) is 0.111. The van der Waals surface area contributed by atoms with E-state index in [2.05, 4.69) is 20.3 Å². The quantitative estimate of drug-likeness (QED) is 0.403. The number of pyridine rings is 1. The van der Waals surface area contributed by atoms with Gasteiger partial charge in [-0.25, -0.2) is 15.0 Å². The maximum absolute atomic E-state index is 10.9. The Morgan fingerprint density at radius 3 is 2.72 bits per heavy atom. The molecule has 0 saturated carbocycles. The molecule has 9 heteroatoms. The number of hydrogen-bond acceptors (Lipinski definition) is 6. The van der Waals surface area contributed by atoms with E-state index in [-0.39, 0.29) is 16.1 Å². The Morgan fingerprint density at radius 1 is 1.28 bits per heavy atom. The minimum atomic E-state index is -0.659. The second kappa shape index (κ2) is 5.11. The number of nitro groups is 1. The van der Waals surface area contributed by atoms with Gasteiger partial charge in [0.15, 0.2) is 0 Å². The molecular weight excluding hydrogens is 281 g/mol. The average Bonchev–Trinajstić information content (AvgIpc) is 2.28. The van der Waals surface area contributed by atoms with Crippen molar-refractivity contribution in [3.8, 4) is 0 Å². The van der Waals surface area contributed by atoms with E-state index >= 15 is 0 Å². The molecule has 1 N–H and O–H groups in total. The molecular formula is C9H5Cl2N5O2. The summed E-state index contributed by atoms with van der Waals surface area (Å²) in [5, 5.41) is 13.6. The van der Waals surface area contributed by atoms with Crippen molar-refractivity contribution in [2.75, 3.05) is 5.32 Å². The van der Waals surface area contributed by atoms with Crippen LogP contribution in [0.5, 0.6) is 0 Å². The van der Waals surface area contributed by atoms with Gasteiger partial charge in [0.05, 0.1) is 4.92 Å². The van der Waals surface area contributed by atoms with Crippen molar-refractivity contribution >= 4 is 40.4 Å².